The van der Waals surface area contributed by atoms with Gasteiger partial charge in [-0.1, -0.05) is 6.07 Å². The third-order valence-electron chi connectivity index (χ3n) is 4.05. The molecule has 1 unspecified atom stereocenters. The van der Waals surface area contributed by atoms with Gasteiger partial charge in [0.15, 0.2) is 0 Å². The molecule has 1 atom stereocenters. The summed E-state index contributed by atoms with van der Waals surface area (Å²) in [6, 6.07) is 3.90. The van der Waals surface area contributed by atoms with Crippen LogP contribution >= 0.6 is 24.8 Å². The Balaban J connectivity index is 0.00000144. The number of carbonyl (C=O) groups is 1. The van der Waals surface area contributed by atoms with Crippen molar-refractivity contribution in [2.45, 2.75) is 19.4 Å². The highest BCUT2D eigenvalue weighted by molar-refractivity contribution is 5.85. The van der Waals surface area contributed by atoms with Crippen molar-refractivity contribution in [3.8, 4) is 0 Å². The first-order chi connectivity index (χ1) is 10.6. The standard InChI is InChI=1S/C16H21N5O.2ClH/c1-12-3-4-13(10-19-12)9-15(22)21-8-5-17-11-14(21)16-18-6-7-20(16)2;;/h3-4,6-7,10,14,17H,5,8-9,11H2,1-2H3;2*1H. The van der Waals surface area contributed by atoms with Gasteiger partial charge in [-0.15, -0.1) is 24.8 Å². The van der Waals surface area contributed by atoms with Crippen molar-refractivity contribution in [1.29, 1.82) is 0 Å². The molecule has 1 amide bonds. The van der Waals surface area contributed by atoms with E-state index in [4.69, 9.17) is 0 Å². The largest absolute Gasteiger partial charge is 0.336 e. The monoisotopic (exact) mass is 371 g/mol. The summed E-state index contributed by atoms with van der Waals surface area (Å²) in [5.74, 6) is 1.04. The number of halogens is 2. The Hall–Kier alpha value is -1.63. The molecule has 24 heavy (non-hydrogen) atoms. The maximum atomic E-state index is 12.7. The summed E-state index contributed by atoms with van der Waals surface area (Å²) in [5, 5.41) is 3.35. The molecule has 2 aromatic heterocycles. The van der Waals surface area contributed by atoms with E-state index in [-0.39, 0.29) is 36.8 Å². The molecule has 2 aromatic rings. The second-order valence-corrected chi connectivity index (χ2v) is 5.69. The molecule has 3 rings (SSSR count). The van der Waals surface area contributed by atoms with E-state index in [1.165, 1.54) is 0 Å². The zero-order valence-corrected chi connectivity index (χ0v) is 15.4. The molecule has 1 saturated heterocycles. The van der Waals surface area contributed by atoms with Gasteiger partial charge in [-0.2, -0.15) is 0 Å². The van der Waals surface area contributed by atoms with E-state index in [0.717, 1.165) is 30.2 Å². The van der Waals surface area contributed by atoms with E-state index >= 15 is 0 Å². The van der Waals surface area contributed by atoms with Crippen LogP contribution in [-0.4, -0.2) is 45.0 Å². The highest BCUT2D eigenvalue weighted by Crippen LogP contribution is 2.21. The van der Waals surface area contributed by atoms with Crippen molar-refractivity contribution < 1.29 is 4.79 Å². The predicted octanol–water partition coefficient (Wildman–Crippen LogP) is 1.68. The maximum absolute atomic E-state index is 12.7. The van der Waals surface area contributed by atoms with E-state index in [1.54, 1.807) is 12.4 Å². The number of imidazole rings is 1. The molecule has 132 valence electrons. The van der Waals surface area contributed by atoms with Crippen molar-refractivity contribution in [2.24, 2.45) is 7.05 Å². The van der Waals surface area contributed by atoms with E-state index < -0.39 is 0 Å². The van der Waals surface area contributed by atoms with Gasteiger partial charge in [0.25, 0.3) is 0 Å². The first kappa shape index (κ1) is 20.4. The van der Waals surface area contributed by atoms with Crippen molar-refractivity contribution in [1.82, 2.24) is 24.8 Å². The average molecular weight is 372 g/mol. The van der Waals surface area contributed by atoms with Crippen LogP contribution < -0.4 is 5.32 Å². The fraction of sp³-hybridized carbons (Fsp3) is 0.438. The number of aryl methyl sites for hydroxylation is 2. The number of nitrogens with one attached hydrogen (secondary N) is 1. The number of aromatic nitrogens is 3. The zero-order valence-electron chi connectivity index (χ0n) is 13.8. The molecule has 1 aliphatic rings. The van der Waals surface area contributed by atoms with Crippen molar-refractivity contribution in [3.63, 3.8) is 0 Å². The van der Waals surface area contributed by atoms with Crippen LogP contribution in [-0.2, 0) is 18.3 Å². The average Bonchev–Trinajstić information content (AvgIpc) is 2.95. The van der Waals surface area contributed by atoms with Gasteiger partial charge in [-0.05, 0) is 18.6 Å². The number of hydrogen-bond acceptors (Lipinski definition) is 4. The third kappa shape index (κ3) is 4.47. The number of hydrogen-bond donors (Lipinski definition) is 1. The summed E-state index contributed by atoms with van der Waals surface area (Å²) in [7, 11) is 1.96. The van der Waals surface area contributed by atoms with Crippen LogP contribution in [0.1, 0.15) is 23.1 Å². The quantitative estimate of drug-likeness (QED) is 0.891. The number of piperazine rings is 1. The number of nitrogens with zero attached hydrogens (tertiary/aromatic N) is 4. The summed E-state index contributed by atoms with van der Waals surface area (Å²) in [4.78, 5) is 23.3. The molecule has 0 saturated carbocycles. The lowest BCUT2D eigenvalue weighted by Crippen LogP contribution is -2.49. The van der Waals surface area contributed by atoms with Gasteiger partial charge in [-0.25, -0.2) is 4.98 Å². The minimum Gasteiger partial charge on any atom is -0.336 e. The number of carbonyl (C=O) groups excluding carboxylic acids is 1. The minimum absolute atomic E-state index is 0. The fourth-order valence-electron chi connectivity index (χ4n) is 2.81. The second kappa shape index (κ2) is 9.01. The van der Waals surface area contributed by atoms with Crippen LogP contribution in [0.4, 0.5) is 0 Å². The second-order valence-electron chi connectivity index (χ2n) is 5.69. The Morgan fingerprint density at radius 2 is 2.12 bits per heavy atom. The SMILES string of the molecule is Cc1ccc(CC(=O)N2CCNCC2c2nccn2C)cn1.Cl.Cl. The molecule has 0 spiro atoms. The molecule has 8 heteroatoms. The molecule has 1 fully saturated rings. The van der Waals surface area contributed by atoms with E-state index in [9.17, 15) is 4.79 Å². The van der Waals surface area contributed by atoms with Crippen LogP contribution in [0, 0.1) is 6.92 Å². The predicted molar refractivity (Wildman–Crippen MR) is 97.7 cm³/mol. The molecule has 6 nitrogen and oxygen atoms in total. The van der Waals surface area contributed by atoms with Crippen LogP contribution in [0.2, 0.25) is 0 Å². The van der Waals surface area contributed by atoms with Crippen LogP contribution in [0.15, 0.2) is 30.7 Å². The smallest absolute Gasteiger partial charge is 0.227 e. The molecule has 0 radical (unpaired) electrons. The lowest BCUT2D eigenvalue weighted by molar-refractivity contribution is -0.134. The Bertz CT molecular complexity index is 659. The zero-order chi connectivity index (χ0) is 15.5. The first-order valence-electron chi connectivity index (χ1n) is 7.54. The van der Waals surface area contributed by atoms with Crippen LogP contribution in [0.3, 0.4) is 0 Å². The Kier molecular flexibility index (Phi) is 7.66. The van der Waals surface area contributed by atoms with Crippen LogP contribution in [0.5, 0.6) is 0 Å². The van der Waals surface area contributed by atoms with Crippen molar-refractivity contribution in [3.05, 3.63) is 47.8 Å². The first-order valence-corrected chi connectivity index (χ1v) is 7.54. The molecule has 1 N–H and O–H groups in total. The van der Waals surface area contributed by atoms with Crippen molar-refractivity contribution >= 4 is 30.7 Å². The lowest BCUT2D eigenvalue weighted by Gasteiger charge is -2.35. The van der Waals surface area contributed by atoms with Gasteiger partial charge in [0, 0.05) is 51.0 Å². The van der Waals surface area contributed by atoms with E-state index in [0.29, 0.717) is 13.0 Å². The molecular formula is C16H23Cl2N5O. The summed E-state index contributed by atoms with van der Waals surface area (Å²) < 4.78 is 1.98. The van der Waals surface area contributed by atoms with Gasteiger partial charge >= 0.3 is 0 Å². The summed E-state index contributed by atoms with van der Waals surface area (Å²) in [6.07, 6.45) is 5.85. The van der Waals surface area contributed by atoms with Crippen LogP contribution in [0.25, 0.3) is 0 Å². The number of pyridine rings is 1. The normalized spacial score (nSPS) is 16.9. The Morgan fingerprint density at radius 3 is 2.75 bits per heavy atom. The summed E-state index contributed by atoms with van der Waals surface area (Å²) in [6.45, 7) is 4.20. The molecular weight excluding hydrogens is 349 g/mol. The minimum atomic E-state index is -0.0142. The summed E-state index contributed by atoms with van der Waals surface area (Å²) in [5.41, 5.74) is 1.91. The fourth-order valence-corrected chi connectivity index (χ4v) is 2.81. The van der Waals surface area contributed by atoms with E-state index in [2.05, 4.69) is 15.3 Å². The highest BCUT2D eigenvalue weighted by Gasteiger charge is 2.30. The molecule has 0 bridgehead atoms. The van der Waals surface area contributed by atoms with Gasteiger partial charge in [0.1, 0.15) is 11.9 Å². The molecule has 3 heterocycles. The topological polar surface area (TPSA) is 63.1 Å². The molecule has 0 aromatic carbocycles. The number of rotatable bonds is 3. The highest BCUT2D eigenvalue weighted by atomic mass is 35.5. The van der Waals surface area contributed by atoms with Gasteiger partial charge in [-0.3, -0.25) is 9.78 Å². The molecule has 0 aliphatic carbocycles. The Morgan fingerprint density at radius 1 is 1.33 bits per heavy atom. The summed E-state index contributed by atoms with van der Waals surface area (Å²) >= 11 is 0. The third-order valence-corrected chi connectivity index (χ3v) is 4.05. The lowest BCUT2D eigenvalue weighted by atomic mass is 10.1. The number of amides is 1. The Labute approximate surface area is 154 Å². The van der Waals surface area contributed by atoms with Gasteiger partial charge in [0.05, 0.1) is 6.42 Å². The van der Waals surface area contributed by atoms with E-state index in [1.807, 2.05) is 41.8 Å². The van der Waals surface area contributed by atoms with Gasteiger partial charge < -0.3 is 14.8 Å². The van der Waals surface area contributed by atoms with Gasteiger partial charge in [0.2, 0.25) is 5.91 Å². The molecule has 1 aliphatic heterocycles. The maximum Gasteiger partial charge on any atom is 0.227 e. The van der Waals surface area contributed by atoms with Crippen molar-refractivity contribution in [2.75, 3.05) is 19.6 Å².